The minimum absolute atomic E-state index is 0.0352. The van der Waals surface area contributed by atoms with Gasteiger partial charge in [-0.15, -0.1) is 0 Å². The first kappa shape index (κ1) is 30.6. The standard InChI is InChI=1S/C27H24F6N6O5/c28-26(29,30)17-8-16(9-18(10-17)27(31,32)33)14-44-25(43)38-7-6-22(40)39-19(11-20-34-24(42)36-35-20)23(41)37(13-21(38)39)12-15-4-2-1-3-5-15/h1-5,8-10,19,21H,6-7,11-14H2,(H2,34,35,36,42)/t19-,21+/m0/s1. The number of amides is 3. The normalized spacial score (nSPS) is 19.3. The average Bonchev–Trinajstić information content (AvgIpc) is 3.38. The van der Waals surface area contributed by atoms with Crippen molar-refractivity contribution in [1.82, 2.24) is 29.9 Å². The van der Waals surface area contributed by atoms with Crippen LogP contribution in [0, 0.1) is 0 Å². The van der Waals surface area contributed by atoms with Gasteiger partial charge in [0.25, 0.3) is 0 Å². The Balaban J connectivity index is 1.41. The Labute approximate surface area is 244 Å². The van der Waals surface area contributed by atoms with E-state index in [9.17, 15) is 45.5 Å². The Morgan fingerprint density at radius 1 is 0.955 bits per heavy atom. The molecule has 1 aromatic heterocycles. The number of aromatic amines is 2. The van der Waals surface area contributed by atoms with Gasteiger partial charge in [-0.2, -0.15) is 31.4 Å². The van der Waals surface area contributed by atoms with Crippen molar-refractivity contribution in [2.75, 3.05) is 13.1 Å². The second-order valence-corrected chi connectivity index (χ2v) is 10.2. The van der Waals surface area contributed by atoms with E-state index in [2.05, 4.69) is 15.2 Å². The number of piperazine rings is 1. The Bertz CT molecular complexity index is 1570. The van der Waals surface area contributed by atoms with Gasteiger partial charge in [0, 0.05) is 25.9 Å². The Hall–Kier alpha value is -4.83. The van der Waals surface area contributed by atoms with Crippen molar-refractivity contribution in [3.63, 3.8) is 0 Å². The number of benzene rings is 2. The number of ether oxygens (including phenoxy) is 1. The molecule has 234 valence electrons. The Kier molecular flexibility index (Phi) is 8.13. The number of aromatic nitrogens is 3. The van der Waals surface area contributed by atoms with Gasteiger partial charge < -0.3 is 14.5 Å². The molecule has 2 N–H and O–H groups in total. The minimum Gasteiger partial charge on any atom is -0.444 e. The van der Waals surface area contributed by atoms with Crippen LogP contribution in [0.5, 0.6) is 0 Å². The molecule has 3 aromatic rings. The van der Waals surface area contributed by atoms with Gasteiger partial charge in [-0.3, -0.25) is 19.5 Å². The quantitative estimate of drug-likeness (QED) is 0.404. The van der Waals surface area contributed by atoms with E-state index in [0.29, 0.717) is 12.1 Å². The van der Waals surface area contributed by atoms with E-state index in [1.165, 1.54) is 9.80 Å². The monoisotopic (exact) mass is 626 g/mol. The number of nitrogens with zero attached hydrogens (tertiary/aromatic N) is 4. The topological polar surface area (TPSA) is 132 Å². The maximum absolute atomic E-state index is 13.6. The van der Waals surface area contributed by atoms with Crippen LogP contribution in [0.25, 0.3) is 0 Å². The van der Waals surface area contributed by atoms with Crippen LogP contribution in [-0.4, -0.2) is 73.1 Å². The Morgan fingerprint density at radius 3 is 2.20 bits per heavy atom. The van der Waals surface area contributed by atoms with Gasteiger partial charge in [0.15, 0.2) is 0 Å². The van der Waals surface area contributed by atoms with Crippen molar-refractivity contribution in [2.24, 2.45) is 0 Å². The number of carbonyl (C=O) groups excluding carboxylic acids is 3. The van der Waals surface area contributed by atoms with Crippen molar-refractivity contribution in [3.05, 3.63) is 87.1 Å². The van der Waals surface area contributed by atoms with E-state index in [4.69, 9.17) is 4.74 Å². The van der Waals surface area contributed by atoms with Gasteiger partial charge in [-0.1, -0.05) is 30.3 Å². The van der Waals surface area contributed by atoms with Crippen LogP contribution in [0.4, 0.5) is 31.1 Å². The number of carbonyl (C=O) groups is 3. The molecule has 17 heteroatoms. The zero-order chi connectivity index (χ0) is 31.8. The summed E-state index contributed by atoms with van der Waals surface area (Å²) in [5.74, 6) is -0.894. The summed E-state index contributed by atoms with van der Waals surface area (Å²) in [4.78, 5) is 57.7. The molecule has 0 saturated carbocycles. The SMILES string of the molecule is O=C1[C@H](Cc2n[nH]c(=O)[nH]2)N2C(=O)CCN(C(=O)OCc3cc(C(F)(F)F)cc(C(F)(F)F)c3)[C@H]2CN1Cc1ccccc1. The number of hydrogen-bond acceptors (Lipinski definition) is 6. The number of nitrogens with one attached hydrogen (secondary N) is 2. The second-order valence-electron chi connectivity index (χ2n) is 10.2. The predicted molar refractivity (Wildman–Crippen MR) is 137 cm³/mol. The summed E-state index contributed by atoms with van der Waals surface area (Å²) in [6.07, 6.45) is -12.8. The first-order chi connectivity index (χ1) is 20.7. The maximum Gasteiger partial charge on any atom is 0.416 e. The molecule has 11 nitrogen and oxygen atoms in total. The van der Waals surface area contributed by atoms with Gasteiger partial charge in [-0.05, 0) is 29.3 Å². The van der Waals surface area contributed by atoms with Crippen LogP contribution in [-0.2, 0) is 46.3 Å². The van der Waals surface area contributed by atoms with E-state index in [-0.39, 0.29) is 44.4 Å². The third-order valence-electron chi connectivity index (χ3n) is 7.25. The number of hydrogen-bond donors (Lipinski definition) is 2. The highest BCUT2D eigenvalue weighted by Gasteiger charge is 2.49. The molecule has 3 heterocycles. The summed E-state index contributed by atoms with van der Waals surface area (Å²) in [7, 11) is 0. The fourth-order valence-corrected chi connectivity index (χ4v) is 5.26. The molecule has 2 atom stereocenters. The van der Waals surface area contributed by atoms with Crippen molar-refractivity contribution in [3.8, 4) is 0 Å². The first-order valence-electron chi connectivity index (χ1n) is 13.2. The van der Waals surface area contributed by atoms with E-state index >= 15 is 0 Å². The summed E-state index contributed by atoms with van der Waals surface area (Å²) >= 11 is 0. The average molecular weight is 627 g/mol. The Morgan fingerprint density at radius 2 is 1.61 bits per heavy atom. The molecule has 0 bridgehead atoms. The van der Waals surface area contributed by atoms with Crippen molar-refractivity contribution >= 4 is 17.9 Å². The number of fused-ring (bicyclic) bond motifs is 1. The van der Waals surface area contributed by atoms with Crippen LogP contribution in [0.2, 0.25) is 0 Å². The minimum atomic E-state index is -5.09. The third kappa shape index (κ3) is 6.55. The molecule has 2 aromatic carbocycles. The lowest BCUT2D eigenvalue weighted by Crippen LogP contribution is -2.71. The molecule has 2 fully saturated rings. The lowest BCUT2D eigenvalue weighted by atomic mass is 10.0. The van der Waals surface area contributed by atoms with E-state index in [0.717, 1.165) is 10.5 Å². The van der Waals surface area contributed by atoms with Gasteiger partial charge in [0.2, 0.25) is 11.8 Å². The molecule has 0 radical (unpaired) electrons. The van der Waals surface area contributed by atoms with E-state index in [1.54, 1.807) is 30.3 Å². The molecule has 0 unspecified atom stereocenters. The summed E-state index contributed by atoms with van der Waals surface area (Å²) in [6.45, 7) is -1.18. The summed E-state index contributed by atoms with van der Waals surface area (Å²) in [5, 5.41) is 5.99. The number of halogens is 6. The molecule has 2 aliphatic rings. The zero-order valence-electron chi connectivity index (χ0n) is 22.6. The molecular weight excluding hydrogens is 602 g/mol. The fraction of sp³-hybridized carbons (Fsp3) is 0.370. The molecule has 44 heavy (non-hydrogen) atoms. The fourth-order valence-electron chi connectivity index (χ4n) is 5.26. The molecule has 5 rings (SSSR count). The summed E-state index contributed by atoms with van der Waals surface area (Å²) < 4.78 is 84.9. The van der Waals surface area contributed by atoms with E-state index < -0.39 is 71.5 Å². The van der Waals surface area contributed by atoms with Gasteiger partial charge in [-0.25, -0.2) is 14.7 Å². The van der Waals surface area contributed by atoms with Crippen LogP contribution in [0.1, 0.15) is 34.5 Å². The largest absolute Gasteiger partial charge is 0.444 e. The predicted octanol–water partition coefficient (Wildman–Crippen LogP) is 3.29. The summed E-state index contributed by atoms with van der Waals surface area (Å²) in [6, 6.07) is 8.50. The smallest absolute Gasteiger partial charge is 0.416 e. The van der Waals surface area contributed by atoms with Gasteiger partial charge in [0.05, 0.1) is 17.7 Å². The lowest BCUT2D eigenvalue weighted by molar-refractivity contribution is -0.168. The lowest BCUT2D eigenvalue weighted by Gasteiger charge is -2.51. The van der Waals surface area contributed by atoms with Crippen molar-refractivity contribution in [1.29, 1.82) is 0 Å². The maximum atomic E-state index is 13.6. The van der Waals surface area contributed by atoms with Crippen molar-refractivity contribution in [2.45, 2.75) is 50.6 Å². The van der Waals surface area contributed by atoms with Crippen LogP contribution in [0.15, 0.2) is 53.3 Å². The number of rotatable bonds is 6. The number of alkyl halides is 6. The van der Waals surface area contributed by atoms with Crippen molar-refractivity contribution < 1.29 is 45.5 Å². The highest BCUT2D eigenvalue weighted by molar-refractivity contribution is 5.90. The first-order valence-corrected chi connectivity index (χ1v) is 13.2. The van der Waals surface area contributed by atoms with Gasteiger partial charge >= 0.3 is 24.1 Å². The highest BCUT2D eigenvalue weighted by Crippen LogP contribution is 2.36. The van der Waals surface area contributed by atoms with Crippen LogP contribution in [0.3, 0.4) is 0 Å². The molecular formula is C27H24F6N6O5. The molecule has 2 aliphatic heterocycles. The number of H-pyrrole nitrogens is 2. The molecule has 0 spiro atoms. The second kappa shape index (κ2) is 11.7. The highest BCUT2D eigenvalue weighted by atomic mass is 19.4. The summed E-state index contributed by atoms with van der Waals surface area (Å²) in [5.41, 5.74) is -3.57. The molecule has 2 saturated heterocycles. The zero-order valence-corrected chi connectivity index (χ0v) is 22.6. The van der Waals surface area contributed by atoms with E-state index in [1.807, 2.05) is 0 Å². The third-order valence-corrected chi connectivity index (χ3v) is 7.25. The van der Waals surface area contributed by atoms with Crippen LogP contribution >= 0.6 is 0 Å². The van der Waals surface area contributed by atoms with Gasteiger partial charge in [0.1, 0.15) is 24.6 Å². The van der Waals surface area contributed by atoms with Crippen LogP contribution < -0.4 is 5.69 Å². The molecule has 3 amide bonds. The molecule has 0 aliphatic carbocycles.